The van der Waals surface area contributed by atoms with Crippen LogP contribution in [-0.4, -0.2) is 32.5 Å². The molecule has 0 saturated carbocycles. The third kappa shape index (κ3) is 14.0. The highest BCUT2D eigenvalue weighted by molar-refractivity contribution is 6.09. The minimum Gasteiger partial charge on any atom is -0.493 e. The summed E-state index contributed by atoms with van der Waals surface area (Å²) in [5, 5.41) is 12.5. The van der Waals surface area contributed by atoms with Gasteiger partial charge in [-0.25, -0.2) is 0 Å². The standard InChI is InChI=1S/C45H74O5/c1-6-8-10-12-13-14-15-16-17-18-19-24-28-32-39-43-40(35-41(47-3)44(39)49-5)38-34-33-36(42(48-4)45(38)50-43)29-25-22-20-23-27-31-37(46)30-26-21-11-9-7-2/h33-35,37,46H,6-32H2,1-5H3/t37-/m1/s1. The third-order valence-electron chi connectivity index (χ3n) is 10.8. The van der Waals surface area contributed by atoms with E-state index in [0.29, 0.717) is 0 Å². The topological polar surface area (TPSA) is 61.1 Å². The lowest BCUT2D eigenvalue weighted by Gasteiger charge is -2.13. The number of aliphatic hydroxyl groups excluding tert-OH is 1. The summed E-state index contributed by atoms with van der Waals surface area (Å²) in [5.74, 6) is 2.40. The van der Waals surface area contributed by atoms with Gasteiger partial charge in [-0.05, 0) is 56.2 Å². The van der Waals surface area contributed by atoms with E-state index < -0.39 is 0 Å². The molecule has 284 valence electrons. The quantitative estimate of drug-likeness (QED) is 0.0679. The summed E-state index contributed by atoms with van der Waals surface area (Å²) in [5.41, 5.74) is 4.03. The van der Waals surface area contributed by atoms with Crippen LogP contribution >= 0.6 is 0 Å². The molecule has 1 aromatic heterocycles. The number of aryl methyl sites for hydroxylation is 2. The Morgan fingerprint density at radius 1 is 0.520 bits per heavy atom. The molecule has 1 atom stereocenters. The summed E-state index contributed by atoms with van der Waals surface area (Å²) in [6.07, 6.45) is 33.3. The molecule has 0 aliphatic rings. The van der Waals surface area contributed by atoms with Crippen molar-refractivity contribution < 1.29 is 23.7 Å². The smallest absolute Gasteiger partial charge is 0.177 e. The van der Waals surface area contributed by atoms with Crippen LogP contribution in [0.25, 0.3) is 21.9 Å². The van der Waals surface area contributed by atoms with E-state index in [2.05, 4.69) is 32.0 Å². The second-order valence-corrected chi connectivity index (χ2v) is 14.9. The molecular weight excluding hydrogens is 620 g/mol. The van der Waals surface area contributed by atoms with Crippen molar-refractivity contribution in [3.8, 4) is 17.2 Å². The van der Waals surface area contributed by atoms with E-state index in [4.69, 9.17) is 18.6 Å². The fourth-order valence-corrected chi connectivity index (χ4v) is 7.71. The van der Waals surface area contributed by atoms with Gasteiger partial charge >= 0.3 is 0 Å². The number of ether oxygens (including phenoxy) is 3. The summed E-state index contributed by atoms with van der Waals surface area (Å²) in [6.45, 7) is 4.53. The first-order valence-corrected chi connectivity index (χ1v) is 20.9. The molecule has 1 heterocycles. The van der Waals surface area contributed by atoms with Gasteiger partial charge in [0.15, 0.2) is 22.8 Å². The lowest BCUT2D eigenvalue weighted by Crippen LogP contribution is -2.05. The second kappa shape index (κ2) is 25.5. The molecule has 0 amide bonds. The molecule has 0 aliphatic heterocycles. The van der Waals surface area contributed by atoms with E-state index >= 15 is 0 Å². The second-order valence-electron chi connectivity index (χ2n) is 14.9. The van der Waals surface area contributed by atoms with Gasteiger partial charge in [0, 0.05) is 16.3 Å². The summed E-state index contributed by atoms with van der Waals surface area (Å²) in [6, 6.07) is 6.48. The fraction of sp³-hybridized carbons (Fsp3) is 0.733. The predicted molar refractivity (Wildman–Crippen MR) is 214 cm³/mol. The van der Waals surface area contributed by atoms with Gasteiger partial charge in [-0.2, -0.15) is 0 Å². The molecule has 0 radical (unpaired) electrons. The van der Waals surface area contributed by atoms with Crippen molar-refractivity contribution in [2.45, 2.75) is 193 Å². The van der Waals surface area contributed by atoms with Crippen molar-refractivity contribution in [1.29, 1.82) is 0 Å². The fourth-order valence-electron chi connectivity index (χ4n) is 7.71. The summed E-state index contributed by atoms with van der Waals surface area (Å²) < 4.78 is 24.5. The summed E-state index contributed by atoms with van der Waals surface area (Å²) in [7, 11) is 5.21. The van der Waals surface area contributed by atoms with E-state index in [9.17, 15) is 5.11 Å². The Hall–Kier alpha value is -2.40. The van der Waals surface area contributed by atoms with Crippen molar-refractivity contribution in [3.05, 3.63) is 29.3 Å². The van der Waals surface area contributed by atoms with Gasteiger partial charge in [0.25, 0.3) is 0 Å². The van der Waals surface area contributed by atoms with E-state index in [-0.39, 0.29) is 6.10 Å². The maximum absolute atomic E-state index is 10.3. The maximum atomic E-state index is 10.3. The normalized spacial score (nSPS) is 12.3. The van der Waals surface area contributed by atoms with Crippen molar-refractivity contribution >= 4 is 21.9 Å². The predicted octanol–water partition coefficient (Wildman–Crippen LogP) is 13.8. The first kappa shape index (κ1) is 42.0. The van der Waals surface area contributed by atoms with Crippen molar-refractivity contribution in [2.24, 2.45) is 0 Å². The van der Waals surface area contributed by atoms with Crippen molar-refractivity contribution in [1.82, 2.24) is 0 Å². The minimum absolute atomic E-state index is 0.119. The first-order chi connectivity index (χ1) is 24.6. The molecule has 3 rings (SSSR count). The van der Waals surface area contributed by atoms with E-state index in [0.717, 1.165) is 89.7 Å². The average molecular weight is 695 g/mol. The summed E-state index contributed by atoms with van der Waals surface area (Å²) >= 11 is 0. The van der Waals surface area contributed by atoms with Gasteiger partial charge in [-0.15, -0.1) is 0 Å². The molecule has 0 bridgehead atoms. The molecule has 50 heavy (non-hydrogen) atoms. The van der Waals surface area contributed by atoms with Crippen LogP contribution in [0.2, 0.25) is 0 Å². The number of furan rings is 1. The van der Waals surface area contributed by atoms with Crippen LogP contribution in [0.5, 0.6) is 17.2 Å². The van der Waals surface area contributed by atoms with Gasteiger partial charge in [-0.1, -0.05) is 155 Å². The Morgan fingerprint density at radius 3 is 1.50 bits per heavy atom. The van der Waals surface area contributed by atoms with Gasteiger partial charge in [0.05, 0.1) is 27.4 Å². The number of unbranched alkanes of at least 4 members (excludes halogenated alkanes) is 20. The van der Waals surface area contributed by atoms with Gasteiger partial charge in [0.2, 0.25) is 0 Å². The Bertz CT molecular complexity index is 1310. The Labute approximate surface area is 306 Å². The number of hydrogen-bond donors (Lipinski definition) is 1. The Kier molecular flexibility index (Phi) is 21.5. The number of hydrogen-bond acceptors (Lipinski definition) is 5. The summed E-state index contributed by atoms with van der Waals surface area (Å²) in [4.78, 5) is 0. The molecule has 0 saturated heterocycles. The van der Waals surface area contributed by atoms with E-state index in [1.807, 2.05) is 0 Å². The lowest BCUT2D eigenvalue weighted by molar-refractivity contribution is 0.147. The molecule has 0 unspecified atom stereocenters. The highest BCUT2D eigenvalue weighted by Gasteiger charge is 2.23. The number of aliphatic hydroxyl groups is 1. The van der Waals surface area contributed by atoms with E-state index in [1.165, 1.54) is 134 Å². The van der Waals surface area contributed by atoms with Crippen LogP contribution < -0.4 is 14.2 Å². The Balaban J connectivity index is 1.51. The highest BCUT2D eigenvalue weighted by Crippen LogP contribution is 2.45. The van der Waals surface area contributed by atoms with Crippen molar-refractivity contribution in [2.75, 3.05) is 21.3 Å². The number of fused-ring (bicyclic) bond motifs is 3. The molecule has 1 N–H and O–H groups in total. The number of benzene rings is 2. The molecule has 0 aliphatic carbocycles. The third-order valence-corrected chi connectivity index (χ3v) is 10.8. The van der Waals surface area contributed by atoms with E-state index in [1.54, 1.807) is 21.3 Å². The molecule has 3 aromatic rings. The van der Waals surface area contributed by atoms with Gasteiger partial charge in [0.1, 0.15) is 5.58 Å². The van der Waals surface area contributed by atoms with Crippen LogP contribution in [0.3, 0.4) is 0 Å². The number of methoxy groups -OCH3 is 3. The van der Waals surface area contributed by atoms with Gasteiger partial charge < -0.3 is 23.7 Å². The highest BCUT2D eigenvalue weighted by atomic mass is 16.5. The SMILES string of the molecule is CCCCCCCCCCCCCCCc1c(OC)c(OC)cc2c1oc1c(OC)c(CCCCCCC[C@H](O)CCCCCCC)ccc12. The van der Waals surface area contributed by atoms with Crippen LogP contribution in [0.4, 0.5) is 0 Å². The van der Waals surface area contributed by atoms with Gasteiger partial charge in [-0.3, -0.25) is 0 Å². The molecule has 0 spiro atoms. The molecule has 2 aromatic carbocycles. The molecule has 5 heteroatoms. The van der Waals surface area contributed by atoms with Crippen LogP contribution in [0, 0.1) is 0 Å². The monoisotopic (exact) mass is 695 g/mol. The van der Waals surface area contributed by atoms with Crippen LogP contribution in [0.1, 0.15) is 185 Å². The zero-order chi connectivity index (χ0) is 35.8. The van der Waals surface area contributed by atoms with Crippen LogP contribution in [0.15, 0.2) is 22.6 Å². The molecule has 5 nitrogen and oxygen atoms in total. The Morgan fingerprint density at radius 2 is 1.00 bits per heavy atom. The zero-order valence-electron chi connectivity index (χ0n) is 33.0. The van der Waals surface area contributed by atoms with Crippen molar-refractivity contribution in [3.63, 3.8) is 0 Å². The number of rotatable bonds is 31. The minimum atomic E-state index is -0.119. The molecule has 0 fully saturated rings. The molecular formula is C45H74O5. The lowest BCUT2D eigenvalue weighted by atomic mass is 9.99. The average Bonchev–Trinajstić information content (AvgIpc) is 3.50. The largest absolute Gasteiger partial charge is 0.493 e. The maximum Gasteiger partial charge on any atom is 0.177 e. The zero-order valence-corrected chi connectivity index (χ0v) is 33.0. The van der Waals surface area contributed by atoms with Crippen LogP contribution in [-0.2, 0) is 12.8 Å². The first-order valence-electron chi connectivity index (χ1n) is 20.9.